The standard InChI is InChI=1S/C21H42N2/c1-14(2)18-9-7-16(5)20(22,11-18)13-21(23)12-19(15(3)4)10-8-17(21)6/h14-19H,7-13,22-23H2,1-6H3. The average molecular weight is 323 g/mol. The van der Waals surface area contributed by atoms with E-state index in [1.807, 2.05) is 0 Å². The predicted octanol–water partition coefficient (Wildman–Crippen LogP) is 4.96. The van der Waals surface area contributed by atoms with Gasteiger partial charge in [0.25, 0.3) is 0 Å². The van der Waals surface area contributed by atoms with Gasteiger partial charge in [0.1, 0.15) is 0 Å². The van der Waals surface area contributed by atoms with Gasteiger partial charge in [0.2, 0.25) is 0 Å². The van der Waals surface area contributed by atoms with Crippen LogP contribution in [0.2, 0.25) is 0 Å². The molecule has 0 spiro atoms. The molecule has 2 saturated carbocycles. The van der Waals surface area contributed by atoms with Gasteiger partial charge in [0, 0.05) is 11.1 Å². The molecule has 2 fully saturated rings. The van der Waals surface area contributed by atoms with Gasteiger partial charge in [-0.25, -0.2) is 0 Å². The summed E-state index contributed by atoms with van der Waals surface area (Å²) in [5.74, 6) is 4.24. The van der Waals surface area contributed by atoms with Gasteiger partial charge in [-0.2, -0.15) is 0 Å². The molecule has 0 aliphatic heterocycles. The molecule has 0 radical (unpaired) electrons. The van der Waals surface area contributed by atoms with Crippen LogP contribution < -0.4 is 11.5 Å². The van der Waals surface area contributed by atoms with Gasteiger partial charge in [-0.05, 0) is 80.5 Å². The second-order valence-corrected chi connectivity index (χ2v) is 10.0. The highest BCUT2D eigenvalue weighted by Gasteiger charge is 2.48. The third kappa shape index (κ3) is 4.12. The topological polar surface area (TPSA) is 52.0 Å². The van der Waals surface area contributed by atoms with Crippen LogP contribution in [0.5, 0.6) is 0 Å². The van der Waals surface area contributed by atoms with Crippen LogP contribution >= 0.6 is 0 Å². The largest absolute Gasteiger partial charge is 0.325 e. The smallest absolute Gasteiger partial charge is 0.0200 e. The summed E-state index contributed by atoms with van der Waals surface area (Å²) >= 11 is 0. The second kappa shape index (κ2) is 7.04. The van der Waals surface area contributed by atoms with Crippen LogP contribution in [0, 0.1) is 35.5 Å². The Morgan fingerprint density at radius 1 is 0.739 bits per heavy atom. The summed E-state index contributed by atoms with van der Waals surface area (Å²) in [6.45, 7) is 14.2. The first-order valence-corrected chi connectivity index (χ1v) is 10.1. The maximum Gasteiger partial charge on any atom is 0.0200 e. The Kier molecular flexibility index (Phi) is 5.89. The van der Waals surface area contributed by atoms with Crippen molar-refractivity contribution in [2.45, 2.75) is 97.6 Å². The van der Waals surface area contributed by atoms with Crippen molar-refractivity contribution in [1.29, 1.82) is 0 Å². The molecule has 2 nitrogen and oxygen atoms in total. The van der Waals surface area contributed by atoms with E-state index in [1.54, 1.807) is 0 Å². The zero-order chi connectivity index (χ0) is 17.4. The van der Waals surface area contributed by atoms with E-state index in [0.29, 0.717) is 11.8 Å². The Hall–Kier alpha value is -0.0800. The van der Waals surface area contributed by atoms with Crippen molar-refractivity contribution >= 4 is 0 Å². The lowest BCUT2D eigenvalue weighted by molar-refractivity contribution is 0.0452. The van der Waals surface area contributed by atoms with Crippen molar-refractivity contribution in [1.82, 2.24) is 0 Å². The molecule has 0 bridgehead atoms. The molecule has 2 heteroatoms. The minimum atomic E-state index is -0.0605. The molecular weight excluding hydrogens is 280 g/mol. The lowest BCUT2D eigenvalue weighted by atomic mass is 9.57. The molecule has 0 heterocycles. The van der Waals surface area contributed by atoms with Gasteiger partial charge in [0.15, 0.2) is 0 Å². The van der Waals surface area contributed by atoms with Crippen LogP contribution in [0.25, 0.3) is 0 Å². The fraction of sp³-hybridized carbons (Fsp3) is 1.00. The second-order valence-electron chi connectivity index (χ2n) is 10.0. The van der Waals surface area contributed by atoms with Crippen molar-refractivity contribution in [2.24, 2.45) is 47.0 Å². The first-order valence-electron chi connectivity index (χ1n) is 10.1. The molecule has 0 aromatic rings. The molecule has 0 amide bonds. The highest BCUT2D eigenvalue weighted by Crippen LogP contribution is 2.47. The van der Waals surface area contributed by atoms with E-state index < -0.39 is 0 Å². The van der Waals surface area contributed by atoms with Gasteiger partial charge in [-0.1, -0.05) is 41.5 Å². The van der Waals surface area contributed by atoms with E-state index in [1.165, 1.54) is 38.5 Å². The van der Waals surface area contributed by atoms with Gasteiger partial charge < -0.3 is 11.5 Å². The summed E-state index contributed by atoms with van der Waals surface area (Å²) in [6, 6.07) is 0. The summed E-state index contributed by atoms with van der Waals surface area (Å²) in [7, 11) is 0. The first-order chi connectivity index (χ1) is 10.6. The molecule has 2 aliphatic rings. The Balaban J connectivity index is 2.15. The third-order valence-electron chi connectivity index (χ3n) is 7.73. The van der Waals surface area contributed by atoms with E-state index in [-0.39, 0.29) is 11.1 Å². The average Bonchev–Trinajstić information content (AvgIpc) is 2.44. The van der Waals surface area contributed by atoms with Crippen LogP contribution in [0.15, 0.2) is 0 Å². The SMILES string of the molecule is CC(C)C1CCC(C)C(N)(CC2(N)CC(C(C)C)CCC2C)C1. The molecule has 0 aromatic carbocycles. The fourth-order valence-corrected chi connectivity index (χ4v) is 5.33. The minimum absolute atomic E-state index is 0.0605. The molecular formula is C21H42N2. The third-order valence-corrected chi connectivity index (χ3v) is 7.73. The lowest BCUT2D eigenvalue weighted by Crippen LogP contribution is -2.61. The van der Waals surface area contributed by atoms with E-state index in [9.17, 15) is 0 Å². The number of nitrogens with two attached hydrogens (primary N) is 2. The quantitative estimate of drug-likeness (QED) is 0.769. The molecule has 0 saturated heterocycles. The normalized spacial score (nSPS) is 45.7. The highest BCUT2D eigenvalue weighted by atomic mass is 14.9. The molecule has 23 heavy (non-hydrogen) atoms. The minimum Gasteiger partial charge on any atom is -0.325 e. The maximum absolute atomic E-state index is 7.05. The highest BCUT2D eigenvalue weighted by molar-refractivity contribution is 5.06. The molecule has 4 N–H and O–H groups in total. The molecule has 6 unspecified atom stereocenters. The van der Waals surface area contributed by atoms with E-state index in [0.717, 1.165) is 30.1 Å². The van der Waals surface area contributed by atoms with E-state index >= 15 is 0 Å². The Morgan fingerprint density at radius 3 is 1.39 bits per heavy atom. The number of hydrogen-bond donors (Lipinski definition) is 2. The van der Waals surface area contributed by atoms with Crippen molar-refractivity contribution < 1.29 is 0 Å². The van der Waals surface area contributed by atoms with Crippen LogP contribution in [-0.4, -0.2) is 11.1 Å². The molecule has 2 aliphatic carbocycles. The van der Waals surface area contributed by atoms with Crippen LogP contribution in [0.3, 0.4) is 0 Å². The first kappa shape index (κ1) is 19.2. The molecule has 136 valence electrons. The number of rotatable bonds is 4. The Labute approximate surface area is 145 Å². The fourth-order valence-electron chi connectivity index (χ4n) is 5.33. The maximum atomic E-state index is 7.05. The van der Waals surface area contributed by atoms with Crippen LogP contribution in [0.4, 0.5) is 0 Å². The lowest BCUT2D eigenvalue weighted by Gasteiger charge is -2.53. The van der Waals surface area contributed by atoms with E-state index in [4.69, 9.17) is 11.5 Å². The Bertz CT molecular complexity index is 355. The summed E-state index contributed by atoms with van der Waals surface area (Å²) in [4.78, 5) is 0. The Morgan fingerprint density at radius 2 is 1.09 bits per heavy atom. The van der Waals surface area contributed by atoms with Crippen molar-refractivity contribution in [2.75, 3.05) is 0 Å². The molecule has 0 aromatic heterocycles. The van der Waals surface area contributed by atoms with Gasteiger partial charge in [0.05, 0.1) is 0 Å². The summed E-state index contributed by atoms with van der Waals surface area (Å²) in [5.41, 5.74) is 14.0. The molecule has 2 rings (SSSR count). The summed E-state index contributed by atoms with van der Waals surface area (Å²) < 4.78 is 0. The van der Waals surface area contributed by atoms with Crippen molar-refractivity contribution in [3.8, 4) is 0 Å². The zero-order valence-corrected chi connectivity index (χ0v) is 16.6. The monoisotopic (exact) mass is 322 g/mol. The summed E-state index contributed by atoms with van der Waals surface area (Å²) in [6.07, 6.45) is 8.61. The molecule has 6 atom stereocenters. The summed E-state index contributed by atoms with van der Waals surface area (Å²) in [5, 5.41) is 0. The van der Waals surface area contributed by atoms with Gasteiger partial charge in [-0.15, -0.1) is 0 Å². The van der Waals surface area contributed by atoms with Gasteiger partial charge in [-0.3, -0.25) is 0 Å². The van der Waals surface area contributed by atoms with Crippen molar-refractivity contribution in [3.05, 3.63) is 0 Å². The van der Waals surface area contributed by atoms with Gasteiger partial charge >= 0.3 is 0 Å². The predicted molar refractivity (Wildman–Crippen MR) is 101 cm³/mol. The van der Waals surface area contributed by atoms with Crippen LogP contribution in [-0.2, 0) is 0 Å². The number of hydrogen-bond acceptors (Lipinski definition) is 2. The van der Waals surface area contributed by atoms with E-state index in [2.05, 4.69) is 41.5 Å². The zero-order valence-electron chi connectivity index (χ0n) is 16.6. The van der Waals surface area contributed by atoms with Crippen molar-refractivity contribution in [3.63, 3.8) is 0 Å². The van der Waals surface area contributed by atoms with Crippen LogP contribution in [0.1, 0.15) is 86.5 Å².